The average Bonchev–Trinajstić information content (AvgIpc) is 2.32. The highest BCUT2D eigenvalue weighted by atomic mass is 19.1. The van der Waals surface area contributed by atoms with E-state index in [0.717, 1.165) is 5.57 Å². The summed E-state index contributed by atoms with van der Waals surface area (Å²) in [6.45, 7) is 12.5. The van der Waals surface area contributed by atoms with Gasteiger partial charge in [-0.05, 0) is 59.6 Å². The van der Waals surface area contributed by atoms with Gasteiger partial charge in [0.25, 0.3) is 0 Å². The van der Waals surface area contributed by atoms with Crippen LogP contribution in [-0.4, -0.2) is 11.7 Å². The Kier molecular flexibility index (Phi) is 7.25. The minimum atomic E-state index is -0.588. The highest BCUT2D eigenvalue weighted by molar-refractivity contribution is 5.71. The molecule has 0 bridgehead atoms. The van der Waals surface area contributed by atoms with Crippen LogP contribution in [0, 0.1) is 0 Å². The highest BCUT2D eigenvalue weighted by Crippen LogP contribution is 2.20. The van der Waals surface area contributed by atoms with E-state index >= 15 is 0 Å². The first kappa shape index (κ1) is 18.4. The van der Waals surface area contributed by atoms with Crippen LogP contribution in [0.5, 0.6) is 0 Å². The first-order chi connectivity index (χ1) is 9.12. The molecule has 0 aromatic carbocycles. The number of alkyl carbamates (subject to hydrolysis) is 1. The smallest absolute Gasteiger partial charge is 0.412 e. The van der Waals surface area contributed by atoms with Gasteiger partial charge in [-0.2, -0.15) is 0 Å². The minimum absolute atomic E-state index is 0.369. The van der Waals surface area contributed by atoms with Crippen molar-refractivity contribution in [1.82, 2.24) is 5.32 Å². The molecule has 0 spiro atoms. The summed E-state index contributed by atoms with van der Waals surface area (Å²) in [6, 6.07) is 0. The first-order valence-corrected chi connectivity index (χ1v) is 6.81. The largest absolute Gasteiger partial charge is 0.444 e. The van der Waals surface area contributed by atoms with Gasteiger partial charge >= 0.3 is 6.09 Å². The number of carbonyl (C=O) groups excluding carboxylic acids is 1. The number of carbonyl (C=O) groups is 1. The molecule has 0 aliphatic carbocycles. The summed E-state index contributed by atoms with van der Waals surface area (Å²) < 4.78 is 19.1. The lowest BCUT2D eigenvalue weighted by atomic mass is 10.1. The number of ether oxygens (including phenoxy) is 1. The van der Waals surface area contributed by atoms with Gasteiger partial charge in [-0.1, -0.05) is 13.0 Å². The Balaban J connectivity index is 5.34. The van der Waals surface area contributed by atoms with Crippen LogP contribution in [0.25, 0.3) is 0 Å². The van der Waals surface area contributed by atoms with Crippen molar-refractivity contribution < 1.29 is 13.9 Å². The van der Waals surface area contributed by atoms with Crippen molar-refractivity contribution in [2.45, 2.75) is 60.5 Å². The van der Waals surface area contributed by atoms with E-state index in [2.05, 4.69) is 5.32 Å². The maximum absolute atomic E-state index is 13.9. The van der Waals surface area contributed by atoms with Crippen LogP contribution in [0.15, 0.2) is 34.8 Å². The number of amides is 1. The third-order valence-corrected chi connectivity index (χ3v) is 2.63. The Morgan fingerprint density at radius 1 is 1.30 bits per heavy atom. The molecule has 0 aromatic rings. The predicted molar refractivity (Wildman–Crippen MR) is 81.0 cm³/mol. The fourth-order valence-corrected chi connectivity index (χ4v) is 1.49. The zero-order valence-corrected chi connectivity index (χ0v) is 13.6. The molecule has 1 amide bonds. The lowest BCUT2D eigenvalue weighted by Gasteiger charge is -2.21. The minimum Gasteiger partial charge on any atom is -0.444 e. The van der Waals surface area contributed by atoms with E-state index in [1.807, 2.05) is 13.8 Å². The number of allylic oxidation sites excluding steroid dienone is 5. The molecular formula is C16H26FNO2. The van der Waals surface area contributed by atoms with Gasteiger partial charge in [-0.15, -0.1) is 0 Å². The van der Waals surface area contributed by atoms with Gasteiger partial charge in [0.2, 0.25) is 0 Å². The van der Waals surface area contributed by atoms with E-state index in [4.69, 9.17) is 4.74 Å². The van der Waals surface area contributed by atoms with Gasteiger partial charge in [0, 0.05) is 11.3 Å². The summed E-state index contributed by atoms with van der Waals surface area (Å²) >= 11 is 0. The van der Waals surface area contributed by atoms with Crippen LogP contribution >= 0.6 is 0 Å². The molecule has 0 unspecified atom stereocenters. The van der Waals surface area contributed by atoms with Crippen LogP contribution in [0.2, 0.25) is 0 Å². The van der Waals surface area contributed by atoms with E-state index < -0.39 is 11.7 Å². The molecule has 114 valence electrons. The third kappa shape index (κ3) is 6.55. The lowest BCUT2D eigenvalue weighted by Crippen LogP contribution is -2.33. The number of nitrogens with one attached hydrogen (secondary N) is 1. The van der Waals surface area contributed by atoms with E-state index in [9.17, 15) is 9.18 Å². The fourth-order valence-electron chi connectivity index (χ4n) is 1.49. The molecule has 0 aromatic heterocycles. The van der Waals surface area contributed by atoms with E-state index in [1.54, 1.807) is 40.7 Å². The summed E-state index contributed by atoms with van der Waals surface area (Å²) in [6.07, 6.45) is 3.12. The number of hydrogen-bond donors (Lipinski definition) is 1. The van der Waals surface area contributed by atoms with Gasteiger partial charge < -0.3 is 4.74 Å². The van der Waals surface area contributed by atoms with Gasteiger partial charge in [0.05, 0.1) is 0 Å². The van der Waals surface area contributed by atoms with Gasteiger partial charge in [0.1, 0.15) is 11.4 Å². The number of halogens is 1. The third-order valence-electron chi connectivity index (χ3n) is 2.63. The maximum Gasteiger partial charge on any atom is 0.412 e. The quantitative estimate of drug-likeness (QED) is 0.736. The summed E-state index contributed by atoms with van der Waals surface area (Å²) in [5, 5.41) is 2.65. The van der Waals surface area contributed by atoms with E-state index in [0.29, 0.717) is 17.7 Å². The first-order valence-electron chi connectivity index (χ1n) is 6.81. The average molecular weight is 283 g/mol. The molecule has 0 saturated carbocycles. The Morgan fingerprint density at radius 3 is 2.25 bits per heavy atom. The van der Waals surface area contributed by atoms with Crippen LogP contribution in [-0.2, 0) is 4.74 Å². The molecule has 0 saturated heterocycles. The SMILES string of the molecule is C\C=C/C(F)=C(C)\C(NC(=O)OC(C)(C)C)=C(/C)CC. The molecule has 0 aliphatic heterocycles. The molecule has 0 rings (SSSR count). The molecule has 0 aliphatic rings. The fraction of sp³-hybridized carbons (Fsp3) is 0.562. The maximum atomic E-state index is 13.9. The second-order valence-electron chi connectivity index (χ2n) is 5.61. The molecule has 0 radical (unpaired) electrons. The number of hydrogen-bond acceptors (Lipinski definition) is 2. The molecule has 0 heterocycles. The molecule has 4 heteroatoms. The van der Waals surface area contributed by atoms with Crippen molar-refractivity contribution in [3.05, 3.63) is 34.8 Å². The molecule has 20 heavy (non-hydrogen) atoms. The van der Waals surface area contributed by atoms with Gasteiger partial charge in [-0.25, -0.2) is 9.18 Å². The molecule has 3 nitrogen and oxygen atoms in total. The zero-order valence-electron chi connectivity index (χ0n) is 13.6. The van der Waals surface area contributed by atoms with Crippen LogP contribution in [0.3, 0.4) is 0 Å². The standard InChI is InChI=1S/C16H26FNO2/c1-8-10-13(17)12(4)14(11(3)9-2)18-15(19)20-16(5,6)7/h8,10H,9H2,1-7H3,(H,18,19)/b10-8-,13-12+,14-11-. The Hall–Kier alpha value is -1.58. The molecule has 0 fully saturated rings. The van der Waals surface area contributed by atoms with Crippen LogP contribution in [0.4, 0.5) is 9.18 Å². The van der Waals surface area contributed by atoms with Gasteiger partial charge in [0.15, 0.2) is 0 Å². The second-order valence-corrected chi connectivity index (χ2v) is 5.61. The predicted octanol–water partition coefficient (Wildman–Crippen LogP) is 5.01. The highest BCUT2D eigenvalue weighted by Gasteiger charge is 2.19. The Morgan fingerprint density at radius 2 is 1.85 bits per heavy atom. The van der Waals surface area contributed by atoms with E-state index in [-0.39, 0.29) is 5.83 Å². The lowest BCUT2D eigenvalue weighted by molar-refractivity contribution is 0.0546. The van der Waals surface area contributed by atoms with Crippen LogP contribution in [0.1, 0.15) is 54.9 Å². The monoisotopic (exact) mass is 283 g/mol. The van der Waals surface area contributed by atoms with Crippen molar-refractivity contribution in [1.29, 1.82) is 0 Å². The Bertz CT molecular complexity index is 440. The van der Waals surface area contributed by atoms with Crippen molar-refractivity contribution in [3.8, 4) is 0 Å². The number of rotatable bonds is 4. The normalized spacial score (nSPS) is 14.8. The summed E-state index contributed by atoms with van der Waals surface area (Å²) in [5.74, 6) is -0.369. The summed E-state index contributed by atoms with van der Waals surface area (Å²) in [4.78, 5) is 11.8. The summed E-state index contributed by atoms with van der Waals surface area (Å²) in [5.41, 5.74) is 1.19. The Labute approximate surface area is 121 Å². The molecule has 1 N–H and O–H groups in total. The molecule has 0 atom stereocenters. The second kappa shape index (κ2) is 7.88. The van der Waals surface area contributed by atoms with E-state index in [1.165, 1.54) is 6.08 Å². The van der Waals surface area contributed by atoms with Crippen molar-refractivity contribution >= 4 is 6.09 Å². The zero-order chi connectivity index (χ0) is 15.9. The van der Waals surface area contributed by atoms with Gasteiger partial charge in [-0.3, -0.25) is 5.32 Å². The van der Waals surface area contributed by atoms with Crippen molar-refractivity contribution in [2.24, 2.45) is 0 Å². The molecular weight excluding hydrogens is 257 g/mol. The van der Waals surface area contributed by atoms with Crippen molar-refractivity contribution in [3.63, 3.8) is 0 Å². The summed E-state index contributed by atoms with van der Waals surface area (Å²) in [7, 11) is 0. The topological polar surface area (TPSA) is 38.3 Å². The van der Waals surface area contributed by atoms with Crippen LogP contribution < -0.4 is 5.32 Å². The van der Waals surface area contributed by atoms with Crippen molar-refractivity contribution in [2.75, 3.05) is 0 Å².